The van der Waals surface area contributed by atoms with Crippen LogP contribution in [0.15, 0.2) is 138 Å². The Hall–Kier alpha value is -6.07. The fourth-order valence-electron chi connectivity index (χ4n) is 7.02. The van der Waals surface area contributed by atoms with Crippen LogP contribution in [0.4, 0.5) is 0 Å². The number of hydrogen-bond acceptors (Lipinski definition) is 4. The first-order valence-corrected chi connectivity index (χ1v) is 14.7. The Morgan fingerprint density at radius 1 is 0.545 bits per heavy atom. The van der Waals surface area contributed by atoms with Crippen molar-refractivity contribution in [2.24, 2.45) is 0 Å². The van der Waals surface area contributed by atoms with E-state index in [1.165, 1.54) is 0 Å². The molecule has 0 amide bonds. The summed E-state index contributed by atoms with van der Waals surface area (Å²) in [7, 11) is 0. The molecule has 10 aromatic rings. The number of furan rings is 1. The normalized spacial score (nSPS) is 12.1. The van der Waals surface area contributed by atoms with Gasteiger partial charge in [0, 0.05) is 44.9 Å². The van der Waals surface area contributed by atoms with Crippen LogP contribution in [0.2, 0.25) is 0 Å². The molecular weight excluding hydrogens is 540 g/mol. The Kier molecular flexibility index (Phi) is 4.66. The molecule has 0 aliphatic carbocycles. The molecule has 6 aromatic carbocycles. The summed E-state index contributed by atoms with van der Waals surface area (Å²) in [6.07, 6.45) is 3.77. The summed E-state index contributed by atoms with van der Waals surface area (Å²) in [5.41, 5.74) is 6.59. The highest BCUT2D eigenvalue weighted by Gasteiger charge is 2.24. The largest absolute Gasteiger partial charge is 0.455 e. The van der Waals surface area contributed by atoms with E-state index in [2.05, 4.69) is 113 Å². The number of rotatable bonds is 2. The summed E-state index contributed by atoms with van der Waals surface area (Å²) in [4.78, 5) is 15.2. The van der Waals surface area contributed by atoms with Crippen molar-refractivity contribution in [2.45, 2.75) is 0 Å². The quantitative estimate of drug-likeness (QED) is 0.197. The second-order valence-electron chi connectivity index (χ2n) is 11.2. The zero-order chi connectivity index (χ0) is 28.8. The number of nitrogens with zero attached hydrogens (tertiary/aromatic N) is 4. The van der Waals surface area contributed by atoms with Crippen LogP contribution in [0.25, 0.3) is 93.4 Å². The van der Waals surface area contributed by atoms with Gasteiger partial charge in [-0.3, -0.25) is 9.55 Å². The molecule has 0 unspecified atom stereocenters. The maximum atomic E-state index is 6.58. The molecule has 10 rings (SSSR count). The lowest BCUT2D eigenvalue weighted by molar-refractivity contribution is 0.672. The van der Waals surface area contributed by atoms with Gasteiger partial charge in [-0.25, -0.2) is 9.97 Å². The van der Waals surface area contributed by atoms with E-state index in [0.717, 1.165) is 87.4 Å². The van der Waals surface area contributed by atoms with Crippen LogP contribution >= 0.6 is 0 Å². The topological polar surface area (TPSA) is 56.7 Å². The van der Waals surface area contributed by atoms with E-state index in [4.69, 9.17) is 14.4 Å². The number of aromatic nitrogens is 4. The molecule has 0 aliphatic heterocycles. The van der Waals surface area contributed by atoms with Gasteiger partial charge in [-0.15, -0.1) is 0 Å². The summed E-state index contributed by atoms with van der Waals surface area (Å²) in [5, 5.41) is 9.80. The molecule has 44 heavy (non-hydrogen) atoms. The number of hydrogen-bond donors (Lipinski definition) is 0. The molecule has 0 saturated carbocycles. The zero-order valence-electron chi connectivity index (χ0n) is 23.4. The van der Waals surface area contributed by atoms with Gasteiger partial charge >= 0.3 is 0 Å². The lowest BCUT2D eigenvalue weighted by Crippen LogP contribution is -2.04. The third-order valence-electron chi connectivity index (χ3n) is 8.87. The van der Waals surface area contributed by atoms with Gasteiger partial charge in [0.05, 0.1) is 27.6 Å². The number of fused-ring (bicyclic) bond motifs is 13. The van der Waals surface area contributed by atoms with Gasteiger partial charge in [-0.2, -0.15) is 0 Å². The smallest absolute Gasteiger partial charge is 0.235 e. The molecule has 4 aromatic heterocycles. The predicted octanol–water partition coefficient (Wildman–Crippen LogP) is 9.99. The van der Waals surface area contributed by atoms with Crippen molar-refractivity contribution in [3.05, 3.63) is 134 Å². The number of pyridine rings is 1. The molecule has 204 valence electrons. The van der Waals surface area contributed by atoms with E-state index in [9.17, 15) is 0 Å². The first-order chi connectivity index (χ1) is 21.8. The molecule has 0 saturated heterocycles. The van der Waals surface area contributed by atoms with Gasteiger partial charge in [-0.05, 0) is 40.4 Å². The fourth-order valence-corrected chi connectivity index (χ4v) is 7.02. The van der Waals surface area contributed by atoms with Crippen molar-refractivity contribution in [3.8, 4) is 17.2 Å². The highest BCUT2D eigenvalue weighted by atomic mass is 16.3. The molecule has 5 nitrogen and oxygen atoms in total. The summed E-state index contributed by atoms with van der Waals surface area (Å²) in [6, 6.07) is 42.0. The molecule has 0 bridgehead atoms. The molecule has 0 fully saturated rings. The predicted molar refractivity (Wildman–Crippen MR) is 179 cm³/mol. The highest BCUT2D eigenvalue weighted by Crippen LogP contribution is 2.45. The Bertz CT molecular complexity index is 2780. The van der Waals surface area contributed by atoms with Crippen LogP contribution < -0.4 is 0 Å². The van der Waals surface area contributed by atoms with Gasteiger partial charge in [0.1, 0.15) is 11.2 Å². The highest BCUT2D eigenvalue weighted by molar-refractivity contribution is 6.35. The van der Waals surface area contributed by atoms with Crippen molar-refractivity contribution < 1.29 is 4.42 Å². The second-order valence-corrected chi connectivity index (χ2v) is 11.2. The van der Waals surface area contributed by atoms with Gasteiger partial charge in [-0.1, -0.05) is 97.1 Å². The van der Waals surface area contributed by atoms with E-state index >= 15 is 0 Å². The summed E-state index contributed by atoms with van der Waals surface area (Å²) < 4.78 is 8.81. The monoisotopic (exact) mass is 562 g/mol. The minimum atomic E-state index is 0.623. The van der Waals surface area contributed by atoms with Crippen LogP contribution in [-0.4, -0.2) is 19.5 Å². The number of benzene rings is 6. The maximum absolute atomic E-state index is 6.58. The first-order valence-electron chi connectivity index (χ1n) is 14.7. The second kappa shape index (κ2) is 8.72. The van der Waals surface area contributed by atoms with Crippen molar-refractivity contribution >= 4 is 76.2 Å². The SMILES string of the molecule is c1ccc(-c2nc(-n3c4ccccc4c4c5ccncc5c5oc6ccccc6c5c43)nc3ccc4ccccc4c23)cc1. The molecule has 0 radical (unpaired) electrons. The lowest BCUT2D eigenvalue weighted by atomic mass is 10.0. The first kappa shape index (κ1) is 23.5. The van der Waals surface area contributed by atoms with E-state index in [1.807, 2.05) is 30.6 Å². The molecule has 0 atom stereocenters. The van der Waals surface area contributed by atoms with Crippen molar-refractivity contribution in [2.75, 3.05) is 0 Å². The standard InChI is InChI=1S/C39H22N4O/c1-2-11-24(12-3-1)36-34-25-13-5-4-10-23(25)18-19-30(34)41-39(42-36)43-31-16-8-6-14-27(31)33-26-20-21-40-22-29(26)38-35(37(33)43)28-15-7-9-17-32(28)44-38/h1-22H. The zero-order valence-corrected chi connectivity index (χ0v) is 23.4. The molecule has 5 heteroatoms. The van der Waals surface area contributed by atoms with Crippen LogP contribution in [0, 0.1) is 0 Å². The Labute approximate surface area is 250 Å². The minimum absolute atomic E-state index is 0.623. The molecule has 4 heterocycles. The van der Waals surface area contributed by atoms with Crippen LogP contribution in [0.5, 0.6) is 0 Å². The Morgan fingerprint density at radius 2 is 1.32 bits per heavy atom. The molecule has 0 aliphatic rings. The van der Waals surface area contributed by atoms with Gasteiger partial charge in [0.2, 0.25) is 5.95 Å². The van der Waals surface area contributed by atoms with E-state index < -0.39 is 0 Å². The third kappa shape index (κ3) is 3.10. The summed E-state index contributed by atoms with van der Waals surface area (Å²) >= 11 is 0. The van der Waals surface area contributed by atoms with Crippen LogP contribution in [0.3, 0.4) is 0 Å². The molecule has 0 spiro atoms. The Morgan fingerprint density at radius 3 is 2.23 bits per heavy atom. The van der Waals surface area contributed by atoms with E-state index in [0.29, 0.717) is 5.95 Å². The van der Waals surface area contributed by atoms with E-state index in [1.54, 1.807) is 0 Å². The summed E-state index contributed by atoms with van der Waals surface area (Å²) in [5.74, 6) is 0.623. The fraction of sp³-hybridized carbons (Fsp3) is 0. The lowest BCUT2D eigenvalue weighted by Gasteiger charge is -2.14. The van der Waals surface area contributed by atoms with Crippen LogP contribution in [-0.2, 0) is 0 Å². The van der Waals surface area contributed by atoms with Crippen molar-refractivity contribution in [3.63, 3.8) is 0 Å². The average Bonchev–Trinajstić information content (AvgIpc) is 3.65. The van der Waals surface area contributed by atoms with Crippen molar-refractivity contribution in [1.82, 2.24) is 19.5 Å². The van der Waals surface area contributed by atoms with E-state index in [-0.39, 0.29) is 0 Å². The van der Waals surface area contributed by atoms with Gasteiger partial charge in [0.25, 0.3) is 0 Å². The minimum Gasteiger partial charge on any atom is -0.455 e. The summed E-state index contributed by atoms with van der Waals surface area (Å²) in [6.45, 7) is 0. The molecule has 0 N–H and O–H groups in total. The van der Waals surface area contributed by atoms with Crippen molar-refractivity contribution in [1.29, 1.82) is 0 Å². The van der Waals surface area contributed by atoms with Gasteiger partial charge < -0.3 is 4.42 Å². The van der Waals surface area contributed by atoms with Gasteiger partial charge in [0.15, 0.2) is 0 Å². The van der Waals surface area contributed by atoms with Crippen LogP contribution in [0.1, 0.15) is 0 Å². The number of para-hydroxylation sites is 2. The average molecular weight is 563 g/mol. The molecular formula is C39H22N4O. The third-order valence-corrected chi connectivity index (χ3v) is 8.87. The maximum Gasteiger partial charge on any atom is 0.235 e. The Balaban J connectivity index is 1.46.